The highest BCUT2D eigenvalue weighted by Gasteiger charge is 2.26. The average Bonchev–Trinajstić information content (AvgIpc) is 3.00. The molecular weight excluding hydrogens is 352 g/mol. The molecular formula is C17H16N6O2S. The standard InChI is InChI=1S/C17H16N6O2S/c24-13-11-15(25)26-14(13)10-12-2-5-20-17(21-12)23-8-6-22(7-9-23)16-18-3-1-4-19-16/h1-5,10H,6-9,11H2/b14-10-. The van der Waals surface area contributed by atoms with E-state index in [9.17, 15) is 9.59 Å². The van der Waals surface area contributed by atoms with E-state index in [1.54, 1.807) is 36.8 Å². The molecule has 4 rings (SSSR count). The third-order valence-electron chi connectivity index (χ3n) is 4.14. The third-order valence-corrected chi connectivity index (χ3v) is 5.08. The Hall–Kier alpha value is -2.81. The summed E-state index contributed by atoms with van der Waals surface area (Å²) in [5, 5.41) is -0.116. The van der Waals surface area contributed by atoms with Gasteiger partial charge in [-0.1, -0.05) is 0 Å². The summed E-state index contributed by atoms with van der Waals surface area (Å²) in [5.41, 5.74) is 0.634. The summed E-state index contributed by atoms with van der Waals surface area (Å²) in [6.45, 7) is 3.07. The van der Waals surface area contributed by atoms with E-state index < -0.39 is 0 Å². The van der Waals surface area contributed by atoms with Crippen LogP contribution in [0, 0.1) is 0 Å². The second-order valence-electron chi connectivity index (χ2n) is 5.89. The SMILES string of the molecule is O=C1CC(=O)/C(=C/c2ccnc(N3CCN(c4ncccn4)CC3)n2)S1. The van der Waals surface area contributed by atoms with Gasteiger partial charge in [-0.25, -0.2) is 19.9 Å². The van der Waals surface area contributed by atoms with Gasteiger partial charge in [0.15, 0.2) is 5.78 Å². The van der Waals surface area contributed by atoms with Gasteiger partial charge in [0.05, 0.1) is 17.0 Å². The summed E-state index contributed by atoms with van der Waals surface area (Å²) < 4.78 is 0. The normalized spacial score (nSPS) is 19.5. The highest BCUT2D eigenvalue weighted by Crippen LogP contribution is 2.30. The Balaban J connectivity index is 1.45. The minimum atomic E-state index is -0.142. The molecule has 0 radical (unpaired) electrons. The number of hydrogen-bond acceptors (Lipinski definition) is 9. The number of piperazine rings is 1. The van der Waals surface area contributed by atoms with Crippen LogP contribution in [0.2, 0.25) is 0 Å². The summed E-state index contributed by atoms with van der Waals surface area (Å²) in [6, 6.07) is 3.54. The Morgan fingerprint density at radius 1 is 0.923 bits per heavy atom. The van der Waals surface area contributed by atoms with E-state index in [2.05, 4.69) is 29.7 Å². The summed E-state index contributed by atoms with van der Waals surface area (Å²) >= 11 is 0.986. The molecule has 9 heteroatoms. The topological polar surface area (TPSA) is 92.2 Å². The Labute approximate surface area is 154 Å². The van der Waals surface area contributed by atoms with Crippen molar-refractivity contribution < 1.29 is 9.59 Å². The maximum Gasteiger partial charge on any atom is 0.225 e. The van der Waals surface area contributed by atoms with E-state index in [4.69, 9.17) is 0 Å². The van der Waals surface area contributed by atoms with Gasteiger partial charge in [0.25, 0.3) is 0 Å². The fraction of sp³-hybridized carbons (Fsp3) is 0.294. The first-order valence-corrected chi connectivity index (χ1v) is 9.06. The van der Waals surface area contributed by atoms with Crippen molar-refractivity contribution in [2.75, 3.05) is 36.0 Å². The van der Waals surface area contributed by atoms with Gasteiger partial charge < -0.3 is 9.80 Å². The van der Waals surface area contributed by atoms with Gasteiger partial charge in [0.1, 0.15) is 0 Å². The molecule has 0 aliphatic carbocycles. The predicted molar refractivity (Wildman–Crippen MR) is 98.7 cm³/mol. The van der Waals surface area contributed by atoms with Crippen molar-refractivity contribution in [3.05, 3.63) is 41.3 Å². The maximum absolute atomic E-state index is 11.8. The third kappa shape index (κ3) is 3.57. The maximum atomic E-state index is 11.8. The Morgan fingerprint density at radius 3 is 2.23 bits per heavy atom. The van der Waals surface area contributed by atoms with Crippen molar-refractivity contribution in [2.24, 2.45) is 0 Å². The lowest BCUT2D eigenvalue weighted by Gasteiger charge is -2.34. The molecule has 0 atom stereocenters. The van der Waals surface area contributed by atoms with Crippen LogP contribution in [0.25, 0.3) is 6.08 Å². The van der Waals surface area contributed by atoms with Crippen molar-refractivity contribution in [3.8, 4) is 0 Å². The lowest BCUT2D eigenvalue weighted by atomic mass is 10.2. The Bertz CT molecular complexity index is 865. The molecule has 0 spiro atoms. The Kier molecular flexibility index (Phi) is 4.61. The number of ketones is 1. The van der Waals surface area contributed by atoms with Crippen LogP contribution in [0.3, 0.4) is 0 Å². The largest absolute Gasteiger partial charge is 0.337 e. The number of carbonyl (C=O) groups is 2. The molecule has 2 fully saturated rings. The molecule has 132 valence electrons. The van der Waals surface area contributed by atoms with Gasteiger partial charge in [-0.2, -0.15) is 0 Å². The van der Waals surface area contributed by atoms with Crippen molar-refractivity contribution in [3.63, 3.8) is 0 Å². The smallest absolute Gasteiger partial charge is 0.225 e. The zero-order valence-corrected chi connectivity index (χ0v) is 14.7. The molecule has 0 bridgehead atoms. The number of nitrogens with zero attached hydrogens (tertiary/aromatic N) is 6. The van der Waals surface area contributed by atoms with Gasteiger partial charge in [-0.3, -0.25) is 9.59 Å². The minimum Gasteiger partial charge on any atom is -0.337 e. The van der Waals surface area contributed by atoms with Crippen LogP contribution in [0.5, 0.6) is 0 Å². The lowest BCUT2D eigenvalue weighted by Crippen LogP contribution is -2.47. The molecule has 2 aliphatic heterocycles. The zero-order chi connectivity index (χ0) is 17.9. The van der Waals surface area contributed by atoms with Crippen molar-refractivity contribution in [1.29, 1.82) is 0 Å². The molecule has 2 saturated heterocycles. The molecule has 4 heterocycles. The number of aromatic nitrogens is 4. The summed E-state index contributed by atoms with van der Waals surface area (Å²) in [6.07, 6.45) is 6.78. The second kappa shape index (κ2) is 7.20. The molecule has 0 N–H and O–H groups in total. The van der Waals surface area contributed by atoms with E-state index >= 15 is 0 Å². The highest BCUT2D eigenvalue weighted by molar-refractivity contribution is 8.18. The summed E-state index contributed by atoms with van der Waals surface area (Å²) in [5.74, 6) is 1.21. The van der Waals surface area contributed by atoms with Gasteiger partial charge >= 0.3 is 0 Å². The first-order chi connectivity index (χ1) is 12.7. The molecule has 0 amide bonds. The minimum absolute atomic E-state index is 0.0298. The van der Waals surface area contributed by atoms with E-state index in [0.29, 0.717) is 16.5 Å². The van der Waals surface area contributed by atoms with Crippen LogP contribution in [0.4, 0.5) is 11.9 Å². The van der Waals surface area contributed by atoms with Gasteiger partial charge in [-0.05, 0) is 30.0 Å². The van der Waals surface area contributed by atoms with E-state index in [0.717, 1.165) is 43.9 Å². The molecule has 2 aliphatic rings. The Morgan fingerprint density at radius 2 is 1.58 bits per heavy atom. The lowest BCUT2D eigenvalue weighted by molar-refractivity contribution is -0.119. The van der Waals surface area contributed by atoms with E-state index in [-0.39, 0.29) is 17.3 Å². The average molecular weight is 368 g/mol. The van der Waals surface area contributed by atoms with Crippen LogP contribution >= 0.6 is 11.8 Å². The highest BCUT2D eigenvalue weighted by atomic mass is 32.2. The molecule has 0 saturated carbocycles. The van der Waals surface area contributed by atoms with Gasteiger partial charge in [-0.15, -0.1) is 0 Å². The predicted octanol–water partition coefficient (Wildman–Crippen LogP) is 1.17. The molecule has 0 aromatic carbocycles. The first-order valence-electron chi connectivity index (χ1n) is 8.24. The molecule has 0 unspecified atom stereocenters. The molecule has 8 nitrogen and oxygen atoms in total. The van der Waals surface area contributed by atoms with Crippen LogP contribution in [-0.4, -0.2) is 57.0 Å². The van der Waals surface area contributed by atoms with Crippen molar-refractivity contribution in [1.82, 2.24) is 19.9 Å². The monoisotopic (exact) mass is 368 g/mol. The fourth-order valence-corrected chi connectivity index (χ4v) is 3.65. The van der Waals surface area contributed by atoms with Crippen LogP contribution < -0.4 is 9.80 Å². The number of hydrogen-bond donors (Lipinski definition) is 0. The van der Waals surface area contributed by atoms with E-state index in [1.165, 1.54) is 0 Å². The van der Waals surface area contributed by atoms with Crippen molar-refractivity contribution >= 4 is 40.6 Å². The van der Waals surface area contributed by atoms with Gasteiger partial charge in [0.2, 0.25) is 17.0 Å². The van der Waals surface area contributed by atoms with Crippen LogP contribution in [0.1, 0.15) is 12.1 Å². The molecule has 2 aromatic rings. The summed E-state index contributed by atoms with van der Waals surface area (Å²) in [7, 11) is 0. The summed E-state index contributed by atoms with van der Waals surface area (Å²) in [4.78, 5) is 45.2. The quantitative estimate of drug-likeness (QED) is 0.584. The molecule has 26 heavy (non-hydrogen) atoms. The van der Waals surface area contributed by atoms with Crippen LogP contribution in [0.15, 0.2) is 35.6 Å². The fourth-order valence-electron chi connectivity index (χ4n) is 2.83. The van der Waals surface area contributed by atoms with E-state index in [1.807, 2.05) is 0 Å². The first kappa shape index (κ1) is 16.6. The number of Topliss-reactive ketones (excluding diaryl/α,β-unsaturated/α-hetero) is 1. The van der Waals surface area contributed by atoms with Gasteiger partial charge in [0, 0.05) is 44.8 Å². The second-order valence-corrected chi connectivity index (χ2v) is 6.99. The number of allylic oxidation sites excluding steroid dienone is 1. The van der Waals surface area contributed by atoms with Crippen molar-refractivity contribution in [2.45, 2.75) is 6.42 Å². The number of thioether (sulfide) groups is 1. The zero-order valence-electron chi connectivity index (χ0n) is 13.9. The van der Waals surface area contributed by atoms with Crippen LogP contribution in [-0.2, 0) is 9.59 Å². The number of anilines is 2. The number of rotatable bonds is 3. The molecule has 2 aromatic heterocycles. The number of carbonyl (C=O) groups excluding carboxylic acids is 2.